The molecule has 0 aromatic heterocycles. The van der Waals surface area contributed by atoms with Crippen LogP contribution < -0.4 is 0 Å². The maximum absolute atomic E-state index is 8.02. The summed E-state index contributed by atoms with van der Waals surface area (Å²) in [5, 5.41) is 0. The number of fused-ring (bicyclic) bond motifs is 3. The molecule has 0 aliphatic heterocycles. The number of hydrogen-bond acceptors (Lipinski definition) is 0. The van der Waals surface area contributed by atoms with Gasteiger partial charge in [-0.15, -0.1) is 0 Å². The van der Waals surface area contributed by atoms with E-state index in [9.17, 15) is 0 Å². The quantitative estimate of drug-likeness (QED) is 0.609. The summed E-state index contributed by atoms with van der Waals surface area (Å²) in [4.78, 5) is 0. The van der Waals surface area contributed by atoms with Crippen LogP contribution in [0.15, 0.2) is 42.5 Å². The van der Waals surface area contributed by atoms with Crippen LogP contribution >= 0.6 is 0 Å². The highest BCUT2D eigenvalue weighted by Gasteiger charge is 2.35. The lowest BCUT2D eigenvalue weighted by Crippen LogP contribution is -2.16. The molecule has 2 aromatic carbocycles. The van der Waals surface area contributed by atoms with Crippen LogP contribution in [0.3, 0.4) is 0 Å². The summed E-state index contributed by atoms with van der Waals surface area (Å²) in [6.45, 7) is 1.78. The number of hydrogen-bond donors (Lipinski definition) is 0. The maximum Gasteiger partial charge on any atom is 0.0243 e. The highest BCUT2D eigenvalue weighted by atomic mass is 14.4. The van der Waals surface area contributed by atoms with Crippen LogP contribution in [0.4, 0.5) is 0 Å². The maximum atomic E-state index is 8.02. The van der Waals surface area contributed by atoms with Gasteiger partial charge in [0.1, 0.15) is 0 Å². The normalized spacial score (nSPS) is 25.2. The fraction of sp³-hybridized carbons (Fsp3) is 0.250. The van der Waals surface area contributed by atoms with Crippen LogP contribution in [0.5, 0.6) is 0 Å². The zero-order chi connectivity index (χ0) is 13.8. The topological polar surface area (TPSA) is 0 Å². The van der Waals surface area contributed by atoms with Gasteiger partial charge in [0.25, 0.3) is 0 Å². The molecule has 0 nitrogen and oxygen atoms in total. The van der Waals surface area contributed by atoms with Gasteiger partial charge in [-0.2, -0.15) is 0 Å². The van der Waals surface area contributed by atoms with Gasteiger partial charge < -0.3 is 0 Å². The molecule has 0 saturated heterocycles. The van der Waals surface area contributed by atoms with Crippen molar-refractivity contribution in [2.45, 2.75) is 26.1 Å². The lowest BCUT2D eigenvalue weighted by atomic mass is 9.80. The molecule has 0 heterocycles. The smallest absolute Gasteiger partial charge is 0.0243 e. The number of benzene rings is 2. The first-order chi connectivity index (χ1) is 8.87. The van der Waals surface area contributed by atoms with Gasteiger partial charge in [-0.1, -0.05) is 56.2 Å². The molecular weight excluding hydrogens is 192 g/mol. The van der Waals surface area contributed by atoms with Crippen LogP contribution in [0.2, 0.25) is 0 Å². The van der Waals surface area contributed by atoms with Crippen molar-refractivity contribution in [1.29, 1.82) is 0 Å². The van der Waals surface area contributed by atoms with E-state index in [0.29, 0.717) is 0 Å². The van der Waals surface area contributed by atoms with E-state index in [2.05, 4.69) is 0 Å². The first-order valence-electron chi connectivity index (χ1n) is 7.07. The molecule has 0 radical (unpaired) electrons. The second-order valence-electron chi connectivity index (χ2n) is 4.67. The summed E-state index contributed by atoms with van der Waals surface area (Å²) in [6, 6.07) is 13.9. The monoisotopic (exact) mass is 211 g/mol. The summed E-state index contributed by atoms with van der Waals surface area (Å²) < 4.78 is 24.1. The SMILES string of the molecule is [2H]C([2H])([2H])C1(C)c2ccccc2-c2cccc(C)c21. The molecule has 0 N–H and O–H groups in total. The molecule has 1 aliphatic rings. The van der Waals surface area contributed by atoms with E-state index in [1.807, 2.05) is 56.3 Å². The Morgan fingerprint density at radius 1 is 1.00 bits per heavy atom. The zero-order valence-corrected chi connectivity index (χ0v) is 9.54. The van der Waals surface area contributed by atoms with Crippen molar-refractivity contribution >= 4 is 0 Å². The second-order valence-corrected chi connectivity index (χ2v) is 4.67. The molecule has 2 aromatic rings. The Balaban J connectivity index is 2.46. The third kappa shape index (κ3) is 1.05. The van der Waals surface area contributed by atoms with Crippen LogP contribution in [-0.4, -0.2) is 0 Å². The molecule has 16 heavy (non-hydrogen) atoms. The predicted octanol–water partition coefficient (Wildman–Crippen LogP) is 4.30. The Labute approximate surface area is 101 Å². The van der Waals surface area contributed by atoms with Crippen LogP contribution in [0.25, 0.3) is 11.1 Å². The van der Waals surface area contributed by atoms with Crippen molar-refractivity contribution in [2.24, 2.45) is 0 Å². The van der Waals surface area contributed by atoms with E-state index < -0.39 is 12.3 Å². The van der Waals surface area contributed by atoms with E-state index in [-0.39, 0.29) is 0 Å². The van der Waals surface area contributed by atoms with Gasteiger partial charge in [0, 0.05) is 9.53 Å². The number of aryl methyl sites for hydroxylation is 1. The second kappa shape index (κ2) is 2.98. The van der Waals surface area contributed by atoms with Crippen molar-refractivity contribution < 1.29 is 4.11 Å². The molecule has 1 unspecified atom stereocenters. The molecule has 0 bridgehead atoms. The van der Waals surface area contributed by atoms with Crippen molar-refractivity contribution in [1.82, 2.24) is 0 Å². The highest BCUT2D eigenvalue weighted by Crippen LogP contribution is 2.49. The lowest BCUT2D eigenvalue weighted by Gasteiger charge is -2.23. The van der Waals surface area contributed by atoms with Gasteiger partial charge >= 0.3 is 0 Å². The van der Waals surface area contributed by atoms with Gasteiger partial charge in [0.2, 0.25) is 0 Å². The molecule has 0 amide bonds. The minimum Gasteiger partial charge on any atom is -0.0619 e. The molecule has 0 saturated carbocycles. The summed E-state index contributed by atoms with van der Waals surface area (Å²) in [5.41, 5.74) is 4.13. The molecule has 1 aliphatic carbocycles. The fourth-order valence-corrected chi connectivity index (χ4v) is 2.84. The summed E-state index contributed by atoms with van der Waals surface area (Å²) >= 11 is 0. The van der Waals surface area contributed by atoms with E-state index >= 15 is 0 Å². The molecular formula is C16H16. The highest BCUT2D eigenvalue weighted by molar-refractivity contribution is 5.81. The average molecular weight is 211 g/mol. The van der Waals surface area contributed by atoms with E-state index in [1.165, 1.54) is 0 Å². The summed E-state index contributed by atoms with van der Waals surface area (Å²) in [6.07, 6.45) is 0. The molecule has 0 spiro atoms. The van der Waals surface area contributed by atoms with Crippen LogP contribution in [0.1, 0.15) is 34.6 Å². The summed E-state index contributed by atoms with van der Waals surface area (Å²) in [5.74, 6) is 0. The van der Waals surface area contributed by atoms with Crippen LogP contribution in [-0.2, 0) is 5.41 Å². The van der Waals surface area contributed by atoms with Gasteiger partial charge in [-0.25, -0.2) is 0 Å². The van der Waals surface area contributed by atoms with E-state index in [4.69, 9.17) is 4.11 Å². The summed E-state index contributed by atoms with van der Waals surface area (Å²) in [7, 11) is 0. The fourth-order valence-electron chi connectivity index (χ4n) is 2.84. The minimum atomic E-state index is -2.06. The Kier molecular flexibility index (Phi) is 1.28. The molecule has 80 valence electrons. The zero-order valence-electron chi connectivity index (χ0n) is 12.5. The van der Waals surface area contributed by atoms with Gasteiger partial charge in [-0.3, -0.25) is 0 Å². The Bertz CT molecular complexity index is 655. The van der Waals surface area contributed by atoms with Gasteiger partial charge in [0.15, 0.2) is 0 Å². The van der Waals surface area contributed by atoms with Crippen molar-refractivity contribution in [3.63, 3.8) is 0 Å². The van der Waals surface area contributed by atoms with Crippen molar-refractivity contribution in [3.8, 4) is 11.1 Å². The third-order valence-corrected chi connectivity index (χ3v) is 3.53. The van der Waals surface area contributed by atoms with Crippen molar-refractivity contribution in [3.05, 3.63) is 59.2 Å². The first-order valence-corrected chi connectivity index (χ1v) is 5.57. The molecule has 0 heteroatoms. The van der Waals surface area contributed by atoms with E-state index in [0.717, 1.165) is 27.8 Å². The third-order valence-electron chi connectivity index (χ3n) is 3.53. The van der Waals surface area contributed by atoms with Crippen LogP contribution in [0, 0.1) is 6.92 Å². The largest absolute Gasteiger partial charge is 0.0619 e. The van der Waals surface area contributed by atoms with Crippen molar-refractivity contribution in [2.75, 3.05) is 0 Å². The Morgan fingerprint density at radius 3 is 2.56 bits per heavy atom. The van der Waals surface area contributed by atoms with Gasteiger partial charge in [0.05, 0.1) is 0 Å². The standard InChI is InChI=1S/C16H16/c1-11-7-6-9-13-12-8-4-5-10-14(12)16(2,3)15(11)13/h4-10H,1-3H3/i2D3. The minimum absolute atomic E-state index is 0.912. The number of rotatable bonds is 0. The Hall–Kier alpha value is -1.56. The predicted molar refractivity (Wildman–Crippen MR) is 68.7 cm³/mol. The van der Waals surface area contributed by atoms with Gasteiger partial charge in [-0.05, 0) is 34.7 Å². The lowest BCUT2D eigenvalue weighted by molar-refractivity contribution is 0.655. The Morgan fingerprint density at radius 2 is 1.75 bits per heavy atom. The molecule has 1 atom stereocenters. The molecule has 3 rings (SSSR count). The average Bonchev–Trinajstić information content (AvgIpc) is 2.62. The first kappa shape index (κ1) is 6.90. The van der Waals surface area contributed by atoms with E-state index in [1.54, 1.807) is 0 Å². The molecule has 0 fully saturated rings.